The molecule has 2 amide bonds. The Hall–Kier alpha value is -2.88. The monoisotopic (exact) mass is 277 g/mol. The number of nitrogens with two attached hydrogens (primary N) is 1. The maximum atomic E-state index is 10.8. The summed E-state index contributed by atoms with van der Waals surface area (Å²) in [5, 5.41) is 8.48. The SMILES string of the molecule is Cc1c2ccccc2c(/C=N\NC(N)=O)c2ccccc12. The molecule has 104 valence electrons. The summed E-state index contributed by atoms with van der Waals surface area (Å²) in [6.45, 7) is 2.12. The summed E-state index contributed by atoms with van der Waals surface area (Å²) in [5.74, 6) is 0. The predicted octanol–water partition coefficient (Wildman–Crippen LogP) is 3.30. The Balaban J connectivity index is 2.34. The molecule has 0 radical (unpaired) electrons. The minimum absolute atomic E-state index is 0.674. The number of nitrogens with zero attached hydrogens (tertiary/aromatic N) is 1. The average molecular weight is 277 g/mol. The number of carbonyl (C=O) groups excluding carboxylic acids is 1. The summed E-state index contributed by atoms with van der Waals surface area (Å²) in [5.41, 5.74) is 9.50. The summed E-state index contributed by atoms with van der Waals surface area (Å²) < 4.78 is 0. The van der Waals surface area contributed by atoms with Crippen LogP contribution in [0, 0.1) is 6.92 Å². The lowest BCUT2D eigenvalue weighted by Gasteiger charge is -2.11. The third-order valence-electron chi connectivity index (χ3n) is 3.61. The van der Waals surface area contributed by atoms with E-state index in [1.165, 1.54) is 16.3 Å². The lowest BCUT2D eigenvalue weighted by Crippen LogP contribution is -2.24. The van der Waals surface area contributed by atoms with E-state index in [-0.39, 0.29) is 0 Å². The van der Waals surface area contributed by atoms with Crippen molar-refractivity contribution in [2.24, 2.45) is 10.8 Å². The molecule has 3 N–H and O–H groups in total. The zero-order valence-electron chi connectivity index (χ0n) is 11.6. The van der Waals surface area contributed by atoms with Crippen LogP contribution in [0.25, 0.3) is 21.5 Å². The van der Waals surface area contributed by atoms with Crippen molar-refractivity contribution >= 4 is 33.8 Å². The fourth-order valence-corrected chi connectivity index (χ4v) is 2.68. The van der Waals surface area contributed by atoms with Crippen molar-refractivity contribution < 1.29 is 4.79 Å². The first-order chi connectivity index (χ1) is 10.2. The number of hydrazone groups is 1. The molecule has 0 aromatic heterocycles. The van der Waals surface area contributed by atoms with Gasteiger partial charge in [0, 0.05) is 5.56 Å². The molecule has 3 rings (SSSR count). The molecule has 0 aliphatic heterocycles. The lowest BCUT2D eigenvalue weighted by atomic mass is 9.93. The van der Waals surface area contributed by atoms with Crippen molar-refractivity contribution in [1.29, 1.82) is 0 Å². The van der Waals surface area contributed by atoms with Gasteiger partial charge in [-0.3, -0.25) is 0 Å². The van der Waals surface area contributed by atoms with E-state index in [9.17, 15) is 4.79 Å². The maximum Gasteiger partial charge on any atom is 0.332 e. The highest BCUT2D eigenvalue weighted by Gasteiger charge is 2.09. The van der Waals surface area contributed by atoms with E-state index >= 15 is 0 Å². The normalized spacial score (nSPS) is 11.3. The number of primary amides is 1. The number of carbonyl (C=O) groups is 1. The van der Waals surface area contributed by atoms with Gasteiger partial charge >= 0.3 is 6.03 Å². The quantitative estimate of drug-likeness (QED) is 0.421. The Morgan fingerprint density at radius 2 is 1.48 bits per heavy atom. The summed E-state index contributed by atoms with van der Waals surface area (Å²) in [7, 11) is 0. The molecule has 0 saturated heterocycles. The molecule has 0 atom stereocenters. The first-order valence-corrected chi connectivity index (χ1v) is 6.67. The Morgan fingerprint density at radius 1 is 1.00 bits per heavy atom. The molecule has 21 heavy (non-hydrogen) atoms. The summed E-state index contributed by atoms with van der Waals surface area (Å²) in [6.07, 6.45) is 1.65. The molecule has 0 aliphatic carbocycles. The molecule has 0 unspecified atom stereocenters. The van der Waals surface area contributed by atoms with Gasteiger partial charge < -0.3 is 5.73 Å². The molecule has 4 heteroatoms. The van der Waals surface area contributed by atoms with Crippen molar-refractivity contribution in [3.63, 3.8) is 0 Å². The van der Waals surface area contributed by atoms with E-state index in [1.54, 1.807) is 6.21 Å². The van der Waals surface area contributed by atoms with Gasteiger partial charge in [-0.25, -0.2) is 10.2 Å². The average Bonchev–Trinajstić information content (AvgIpc) is 2.50. The Morgan fingerprint density at radius 3 is 1.95 bits per heavy atom. The highest BCUT2D eigenvalue weighted by Crippen LogP contribution is 2.31. The Bertz CT molecular complexity index is 811. The molecule has 0 aliphatic rings. The topological polar surface area (TPSA) is 67.5 Å². The largest absolute Gasteiger partial charge is 0.350 e. The van der Waals surface area contributed by atoms with Gasteiger partial charge in [0.15, 0.2) is 0 Å². The van der Waals surface area contributed by atoms with Gasteiger partial charge in [-0.05, 0) is 34.0 Å². The summed E-state index contributed by atoms with van der Waals surface area (Å²) in [6, 6.07) is 15.7. The van der Waals surface area contributed by atoms with E-state index < -0.39 is 6.03 Å². The van der Waals surface area contributed by atoms with Crippen molar-refractivity contribution in [3.05, 3.63) is 59.7 Å². The molecule has 3 aromatic carbocycles. The first kappa shape index (κ1) is 13.1. The van der Waals surface area contributed by atoms with Gasteiger partial charge in [-0.15, -0.1) is 0 Å². The van der Waals surface area contributed by atoms with Gasteiger partial charge in [0.1, 0.15) is 0 Å². The van der Waals surface area contributed by atoms with Crippen molar-refractivity contribution in [1.82, 2.24) is 5.43 Å². The van der Waals surface area contributed by atoms with Crippen LogP contribution in [0.4, 0.5) is 4.79 Å². The van der Waals surface area contributed by atoms with Gasteiger partial charge in [0.25, 0.3) is 0 Å². The van der Waals surface area contributed by atoms with E-state index in [0.717, 1.165) is 16.3 Å². The molecule has 0 saturated carbocycles. The number of aryl methyl sites for hydroxylation is 1. The summed E-state index contributed by atoms with van der Waals surface area (Å²) >= 11 is 0. The van der Waals surface area contributed by atoms with Crippen molar-refractivity contribution in [2.75, 3.05) is 0 Å². The fourth-order valence-electron chi connectivity index (χ4n) is 2.68. The fraction of sp³-hybridized carbons (Fsp3) is 0.0588. The van der Waals surface area contributed by atoms with Crippen LogP contribution >= 0.6 is 0 Å². The van der Waals surface area contributed by atoms with Gasteiger partial charge in [0.05, 0.1) is 6.21 Å². The van der Waals surface area contributed by atoms with Gasteiger partial charge in [-0.1, -0.05) is 48.5 Å². The number of fused-ring (bicyclic) bond motifs is 2. The number of rotatable bonds is 2. The van der Waals surface area contributed by atoms with Crippen LogP contribution in [-0.2, 0) is 0 Å². The van der Waals surface area contributed by atoms with Crippen molar-refractivity contribution in [2.45, 2.75) is 6.92 Å². The van der Waals surface area contributed by atoms with E-state index in [1.807, 2.05) is 24.3 Å². The molecule has 3 aromatic rings. The molecule has 0 spiro atoms. The molecule has 0 fully saturated rings. The predicted molar refractivity (Wildman–Crippen MR) is 86.5 cm³/mol. The van der Waals surface area contributed by atoms with Crippen LogP contribution in [0.1, 0.15) is 11.1 Å². The van der Waals surface area contributed by atoms with Crippen LogP contribution in [0.5, 0.6) is 0 Å². The number of nitrogens with one attached hydrogen (secondary N) is 1. The third kappa shape index (κ3) is 2.31. The Labute approximate surface area is 122 Å². The van der Waals surface area contributed by atoms with Crippen molar-refractivity contribution in [3.8, 4) is 0 Å². The smallest absolute Gasteiger partial charge is 0.332 e. The van der Waals surface area contributed by atoms with Crippen LogP contribution in [-0.4, -0.2) is 12.2 Å². The zero-order chi connectivity index (χ0) is 14.8. The third-order valence-corrected chi connectivity index (χ3v) is 3.61. The Kier molecular flexibility index (Phi) is 3.28. The van der Waals surface area contributed by atoms with Crippen LogP contribution in [0.3, 0.4) is 0 Å². The highest BCUT2D eigenvalue weighted by atomic mass is 16.2. The molecule has 0 bridgehead atoms. The van der Waals surface area contributed by atoms with E-state index in [0.29, 0.717) is 0 Å². The van der Waals surface area contributed by atoms with Gasteiger partial charge in [0.2, 0.25) is 0 Å². The second-order valence-corrected chi connectivity index (χ2v) is 4.86. The zero-order valence-corrected chi connectivity index (χ0v) is 11.6. The molecular formula is C17H15N3O. The minimum Gasteiger partial charge on any atom is -0.350 e. The molecule has 0 heterocycles. The highest BCUT2D eigenvalue weighted by molar-refractivity contribution is 6.15. The molecule has 4 nitrogen and oxygen atoms in total. The maximum absolute atomic E-state index is 10.8. The lowest BCUT2D eigenvalue weighted by molar-refractivity contribution is 0.249. The number of amides is 2. The van der Waals surface area contributed by atoms with Crippen LogP contribution in [0.2, 0.25) is 0 Å². The molecular weight excluding hydrogens is 262 g/mol. The van der Waals surface area contributed by atoms with Gasteiger partial charge in [-0.2, -0.15) is 5.10 Å². The van der Waals surface area contributed by atoms with E-state index in [4.69, 9.17) is 5.73 Å². The minimum atomic E-state index is -0.674. The number of hydrogen-bond acceptors (Lipinski definition) is 2. The first-order valence-electron chi connectivity index (χ1n) is 6.67. The number of hydrogen-bond donors (Lipinski definition) is 2. The van der Waals surface area contributed by atoms with Crippen LogP contribution in [0.15, 0.2) is 53.6 Å². The standard InChI is InChI=1S/C17H15N3O/c1-11-12-6-2-4-8-14(12)16(10-19-20-17(18)21)15-9-5-3-7-13(11)15/h2-10H,1H3,(H3,18,20,21)/b19-10-. The summed E-state index contributed by atoms with van der Waals surface area (Å²) in [4.78, 5) is 10.8. The van der Waals surface area contributed by atoms with E-state index in [2.05, 4.69) is 41.7 Å². The van der Waals surface area contributed by atoms with Crippen LogP contribution < -0.4 is 11.2 Å². The second kappa shape index (κ2) is 5.25. The number of benzene rings is 3. The number of urea groups is 1. The second-order valence-electron chi connectivity index (χ2n) is 4.86.